The van der Waals surface area contributed by atoms with Crippen molar-refractivity contribution in [3.05, 3.63) is 59.8 Å². The molecule has 162 valence electrons. The van der Waals surface area contributed by atoms with Gasteiger partial charge in [-0.1, -0.05) is 12.1 Å². The second kappa shape index (κ2) is 8.76. The lowest BCUT2D eigenvalue weighted by Gasteiger charge is -2.12. The minimum atomic E-state index is -0.548. The van der Waals surface area contributed by atoms with Gasteiger partial charge in [0, 0.05) is 35.2 Å². The number of ether oxygens (including phenoxy) is 2. The SMILES string of the molecule is COc1ccc(Nc2ncc3c(n2)-c2ccc(/C=C/C(N)=O)cc2NC(=O)C3)cc1OC. The van der Waals surface area contributed by atoms with E-state index < -0.39 is 5.91 Å². The number of methoxy groups -OCH3 is 2. The molecule has 2 amide bonds. The molecule has 0 saturated carbocycles. The van der Waals surface area contributed by atoms with Crippen LogP contribution in [0.5, 0.6) is 11.5 Å². The summed E-state index contributed by atoms with van der Waals surface area (Å²) in [6.45, 7) is 0. The second-order valence-corrected chi connectivity index (χ2v) is 7.03. The molecular weight excluding hydrogens is 410 g/mol. The average molecular weight is 431 g/mol. The van der Waals surface area contributed by atoms with Crippen molar-refractivity contribution in [1.29, 1.82) is 0 Å². The molecule has 1 aliphatic heterocycles. The number of carbonyl (C=O) groups excluding carboxylic acids is 2. The third-order valence-corrected chi connectivity index (χ3v) is 4.87. The summed E-state index contributed by atoms with van der Waals surface area (Å²) in [5.74, 6) is 0.830. The third-order valence-electron chi connectivity index (χ3n) is 4.87. The van der Waals surface area contributed by atoms with E-state index in [1.54, 1.807) is 44.7 Å². The molecule has 3 aromatic rings. The zero-order chi connectivity index (χ0) is 22.7. The molecule has 4 N–H and O–H groups in total. The van der Waals surface area contributed by atoms with Crippen molar-refractivity contribution in [2.45, 2.75) is 6.42 Å². The van der Waals surface area contributed by atoms with Crippen LogP contribution >= 0.6 is 0 Å². The number of rotatable bonds is 6. The van der Waals surface area contributed by atoms with E-state index in [2.05, 4.69) is 20.6 Å². The number of carbonyl (C=O) groups is 2. The molecule has 2 heterocycles. The highest BCUT2D eigenvalue weighted by Gasteiger charge is 2.21. The highest BCUT2D eigenvalue weighted by atomic mass is 16.5. The number of hydrogen-bond acceptors (Lipinski definition) is 7. The van der Waals surface area contributed by atoms with Crippen molar-refractivity contribution in [1.82, 2.24) is 9.97 Å². The van der Waals surface area contributed by atoms with Crippen molar-refractivity contribution in [2.24, 2.45) is 5.73 Å². The maximum atomic E-state index is 12.4. The molecule has 0 atom stereocenters. The zero-order valence-corrected chi connectivity index (χ0v) is 17.5. The van der Waals surface area contributed by atoms with Gasteiger partial charge in [-0.15, -0.1) is 0 Å². The predicted octanol–water partition coefficient (Wildman–Crippen LogP) is 2.90. The molecule has 0 radical (unpaired) electrons. The molecule has 0 bridgehead atoms. The number of nitrogens with zero attached hydrogens (tertiary/aromatic N) is 2. The number of anilines is 3. The molecule has 0 spiro atoms. The number of benzene rings is 2. The Bertz CT molecular complexity index is 1240. The van der Waals surface area contributed by atoms with Crippen molar-refractivity contribution in [2.75, 3.05) is 24.9 Å². The molecular formula is C23H21N5O4. The Labute approximate surface area is 184 Å². The molecule has 2 aromatic carbocycles. The van der Waals surface area contributed by atoms with Crippen LogP contribution in [-0.2, 0) is 16.0 Å². The summed E-state index contributed by atoms with van der Waals surface area (Å²) in [5.41, 5.74) is 9.31. The number of aromatic nitrogens is 2. The first kappa shape index (κ1) is 20.9. The normalized spacial score (nSPS) is 12.4. The quantitative estimate of drug-likeness (QED) is 0.512. The Morgan fingerprint density at radius 2 is 1.97 bits per heavy atom. The number of amides is 2. The van der Waals surface area contributed by atoms with Crippen LogP contribution in [0.2, 0.25) is 0 Å². The average Bonchev–Trinajstić information content (AvgIpc) is 2.92. The van der Waals surface area contributed by atoms with E-state index in [0.717, 1.165) is 16.8 Å². The maximum absolute atomic E-state index is 12.4. The fourth-order valence-corrected chi connectivity index (χ4v) is 3.39. The number of nitrogens with one attached hydrogen (secondary N) is 2. The van der Waals surface area contributed by atoms with E-state index in [-0.39, 0.29) is 12.3 Å². The largest absolute Gasteiger partial charge is 0.493 e. The fourth-order valence-electron chi connectivity index (χ4n) is 3.39. The Morgan fingerprint density at radius 1 is 1.16 bits per heavy atom. The van der Waals surface area contributed by atoms with E-state index >= 15 is 0 Å². The first-order valence-electron chi connectivity index (χ1n) is 9.73. The summed E-state index contributed by atoms with van der Waals surface area (Å²) in [5, 5.41) is 6.05. The van der Waals surface area contributed by atoms with Crippen LogP contribution in [0.4, 0.5) is 17.3 Å². The van der Waals surface area contributed by atoms with Crippen molar-refractivity contribution >= 4 is 35.2 Å². The number of nitrogens with two attached hydrogens (primary N) is 1. The van der Waals surface area contributed by atoms with E-state index in [4.69, 9.17) is 15.2 Å². The highest BCUT2D eigenvalue weighted by Crippen LogP contribution is 2.35. The van der Waals surface area contributed by atoms with E-state index in [1.807, 2.05) is 18.2 Å². The summed E-state index contributed by atoms with van der Waals surface area (Å²) < 4.78 is 10.6. The molecule has 0 saturated heterocycles. The fraction of sp³-hybridized carbons (Fsp3) is 0.130. The Kier molecular flexibility index (Phi) is 5.71. The van der Waals surface area contributed by atoms with Crippen molar-refractivity contribution < 1.29 is 19.1 Å². The number of fused-ring (bicyclic) bond motifs is 3. The summed E-state index contributed by atoms with van der Waals surface area (Å²) in [6.07, 6.45) is 4.64. The Morgan fingerprint density at radius 3 is 2.72 bits per heavy atom. The van der Waals surface area contributed by atoms with Crippen LogP contribution in [0.15, 0.2) is 48.7 Å². The maximum Gasteiger partial charge on any atom is 0.241 e. The van der Waals surface area contributed by atoms with Gasteiger partial charge in [-0.05, 0) is 29.8 Å². The van der Waals surface area contributed by atoms with Gasteiger partial charge in [-0.2, -0.15) is 0 Å². The van der Waals surface area contributed by atoms with Crippen LogP contribution in [0.3, 0.4) is 0 Å². The topological polar surface area (TPSA) is 128 Å². The smallest absolute Gasteiger partial charge is 0.241 e. The molecule has 9 nitrogen and oxygen atoms in total. The summed E-state index contributed by atoms with van der Waals surface area (Å²) >= 11 is 0. The molecule has 1 aromatic heterocycles. The Balaban J connectivity index is 1.71. The lowest BCUT2D eigenvalue weighted by molar-refractivity contribution is -0.115. The van der Waals surface area contributed by atoms with Crippen molar-refractivity contribution in [3.63, 3.8) is 0 Å². The van der Waals surface area contributed by atoms with Gasteiger partial charge in [0.25, 0.3) is 0 Å². The molecule has 32 heavy (non-hydrogen) atoms. The van der Waals surface area contributed by atoms with Crippen LogP contribution in [-0.4, -0.2) is 36.0 Å². The molecule has 0 aliphatic carbocycles. The molecule has 9 heteroatoms. The summed E-state index contributed by atoms with van der Waals surface area (Å²) in [7, 11) is 3.14. The van der Waals surface area contributed by atoms with Crippen LogP contribution in [0.25, 0.3) is 17.3 Å². The first-order chi connectivity index (χ1) is 15.5. The van der Waals surface area contributed by atoms with Gasteiger partial charge in [-0.25, -0.2) is 9.97 Å². The van der Waals surface area contributed by atoms with Gasteiger partial charge in [0.2, 0.25) is 17.8 Å². The number of primary amides is 1. The summed E-state index contributed by atoms with van der Waals surface area (Å²) in [6, 6.07) is 10.8. The monoisotopic (exact) mass is 431 g/mol. The summed E-state index contributed by atoms with van der Waals surface area (Å²) in [4.78, 5) is 32.4. The lowest BCUT2D eigenvalue weighted by atomic mass is 10.0. The van der Waals surface area contributed by atoms with E-state index in [0.29, 0.717) is 34.4 Å². The molecule has 0 unspecified atom stereocenters. The van der Waals surface area contributed by atoms with Gasteiger partial charge in [0.1, 0.15) is 0 Å². The van der Waals surface area contributed by atoms with Gasteiger partial charge < -0.3 is 25.8 Å². The Hall–Kier alpha value is -4.40. The molecule has 0 fully saturated rings. The van der Waals surface area contributed by atoms with Crippen LogP contribution < -0.4 is 25.8 Å². The third kappa shape index (κ3) is 4.36. The second-order valence-electron chi connectivity index (χ2n) is 7.03. The van der Waals surface area contributed by atoms with Gasteiger partial charge in [0.15, 0.2) is 11.5 Å². The standard InChI is InChI=1S/C23H21N5O4/c1-31-18-7-5-15(11-19(18)32-2)26-23-25-12-14-10-21(30)27-17-9-13(4-8-20(24)29)3-6-16(17)22(14)28-23/h3-9,11-12H,10H2,1-2H3,(H2,24,29)(H,27,30)(H,25,26,28)/b8-4+. The number of hydrogen-bond donors (Lipinski definition) is 3. The zero-order valence-electron chi connectivity index (χ0n) is 17.5. The van der Waals surface area contributed by atoms with Gasteiger partial charge in [0.05, 0.1) is 32.0 Å². The molecule has 1 aliphatic rings. The van der Waals surface area contributed by atoms with Crippen LogP contribution in [0, 0.1) is 0 Å². The van der Waals surface area contributed by atoms with E-state index in [9.17, 15) is 9.59 Å². The van der Waals surface area contributed by atoms with Crippen LogP contribution in [0.1, 0.15) is 11.1 Å². The molecule has 4 rings (SSSR count). The lowest BCUT2D eigenvalue weighted by Crippen LogP contribution is -2.13. The highest BCUT2D eigenvalue weighted by molar-refractivity contribution is 6.00. The minimum absolute atomic E-state index is 0.146. The first-order valence-corrected chi connectivity index (χ1v) is 9.73. The predicted molar refractivity (Wildman–Crippen MR) is 121 cm³/mol. The minimum Gasteiger partial charge on any atom is -0.493 e. The van der Waals surface area contributed by atoms with Gasteiger partial charge in [-0.3, -0.25) is 9.59 Å². The van der Waals surface area contributed by atoms with Gasteiger partial charge >= 0.3 is 0 Å². The van der Waals surface area contributed by atoms with Crippen molar-refractivity contribution in [3.8, 4) is 22.8 Å². The van der Waals surface area contributed by atoms with E-state index in [1.165, 1.54) is 6.08 Å².